The molecule has 0 radical (unpaired) electrons. The highest BCUT2D eigenvalue weighted by Crippen LogP contribution is 2.38. The molecule has 1 aromatic rings. The Morgan fingerprint density at radius 1 is 1.08 bits per heavy atom. The summed E-state index contributed by atoms with van der Waals surface area (Å²) >= 11 is 0. The third-order valence-electron chi connectivity index (χ3n) is 4.30. The number of benzene rings is 1. The van der Waals surface area contributed by atoms with Crippen molar-refractivity contribution >= 4 is 24.8 Å². The molecule has 7 heteroatoms. The van der Waals surface area contributed by atoms with Crippen molar-refractivity contribution in [2.75, 3.05) is 26.2 Å². The lowest BCUT2D eigenvalue weighted by molar-refractivity contribution is -0.138. The third-order valence-corrected chi connectivity index (χ3v) is 4.30. The molecular formula is C17H27Cl2F3N2. The van der Waals surface area contributed by atoms with Gasteiger partial charge in [0.15, 0.2) is 0 Å². The summed E-state index contributed by atoms with van der Waals surface area (Å²) in [6.45, 7) is 5.42. The van der Waals surface area contributed by atoms with Crippen molar-refractivity contribution in [1.82, 2.24) is 10.2 Å². The van der Waals surface area contributed by atoms with Gasteiger partial charge in [0.25, 0.3) is 0 Å². The van der Waals surface area contributed by atoms with Crippen LogP contribution in [-0.2, 0) is 6.18 Å². The minimum Gasteiger partial charge on any atom is -0.314 e. The molecule has 0 unspecified atom stereocenters. The Balaban J connectivity index is 0.00000264. The number of hydrogen-bond donors (Lipinski definition) is 1. The van der Waals surface area contributed by atoms with Gasteiger partial charge in [-0.3, -0.25) is 4.90 Å². The maximum Gasteiger partial charge on any atom is 0.416 e. The first kappa shape index (κ1) is 23.5. The molecule has 140 valence electrons. The summed E-state index contributed by atoms with van der Waals surface area (Å²) in [6.07, 6.45) is -0.377. The van der Waals surface area contributed by atoms with Crippen LogP contribution in [0.4, 0.5) is 13.2 Å². The van der Waals surface area contributed by atoms with Crippen LogP contribution in [0, 0.1) is 0 Å². The second-order valence-corrected chi connectivity index (χ2v) is 5.88. The molecule has 1 fully saturated rings. The lowest BCUT2D eigenvalue weighted by Gasteiger charge is -2.36. The lowest BCUT2D eigenvalue weighted by atomic mass is 9.93. The molecule has 2 rings (SSSR count). The maximum atomic E-state index is 13.3. The van der Waals surface area contributed by atoms with Gasteiger partial charge in [0.1, 0.15) is 0 Å². The van der Waals surface area contributed by atoms with E-state index in [1.807, 2.05) is 0 Å². The van der Waals surface area contributed by atoms with Crippen molar-refractivity contribution in [3.8, 4) is 0 Å². The first-order valence-electron chi connectivity index (χ1n) is 8.15. The van der Waals surface area contributed by atoms with Crippen molar-refractivity contribution in [2.45, 2.75) is 44.8 Å². The highest BCUT2D eigenvalue weighted by Gasteiger charge is 2.36. The number of halogens is 5. The quantitative estimate of drug-likeness (QED) is 0.686. The summed E-state index contributed by atoms with van der Waals surface area (Å²) in [5, 5.41) is 3.27. The smallest absolute Gasteiger partial charge is 0.314 e. The molecule has 1 N–H and O–H groups in total. The number of piperazine rings is 1. The molecular weight excluding hydrogens is 360 g/mol. The van der Waals surface area contributed by atoms with Gasteiger partial charge in [0.2, 0.25) is 0 Å². The zero-order chi connectivity index (χ0) is 16.0. The summed E-state index contributed by atoms with van der Waals surface area (Å²) in [4.78, 5) is 2.21. The number of nitrogens with one attached hydrogen (secondary N) is 1. The Morgan fingerprint density at radius 3 is 2.29 bits per heavy atom. The van der Waals surface area contributed by atoms with Crippen LogP contribution in [0.15, 0.2) is 24.3 Å². The van der Waals surface area contributed by atoms with Gasteiger partial charge in [0.05, 0.1) is 5.56 Å². The minimum absolute atomic E-state index is 0. The standard InChI is InChI=1S/C17H25F3N2.2ClH/c1-2-3-4-9-16(22-12-10-21-11-13-22)14-7-5-6-8-15(14)17(18,19)20;;/h5-8,16,21H,2-4,9-13H2,1H3;2*1H/t16-;;/m0../s1. The molecule has 0 bridgehead atoms. The largest absolute Gasteiger partial charge is 0.416 e. The van der Waals surface area contributed by atoms with Crippen LogP contribution in [0.1, 0.15) is 49.8 Å². The fraction of sp³-hybridized carbons (Fsp3) is 0.647. The van der Waals surface area contributed by atoms with E-state index < -0.39 is 11.7 Å². The minimum atomic E-state index is -4.28. The molecule has 1 aliphatic rings. The Bertz CT molecular complexity index is 463. The average Bonchev–Trinajstić information content (AvgIpc) is 2.52. The highest BCUT2D eigenvalue weighted by molar-refractivity contribution is 5.85. The van der Waals surface area contributed by atoms with Gasteiger partial charge < -0.3 is 5.32 Å². The van der Waals surface area contributed by atoms with Gasteiger partial charge in [-0.1, -0.05) is 44.4 Å². The molecule has 1 aliphatic heterocycles. The topological polar surface area (TPSA) is 15.3 Å². The van der Waals surface area contributed by atoms with Crippen LogP contribution in [0.3, 0.4) is 0 Å². The first-order valence-corrected chi connectivity index (χ1v) is 8.15. The highest BCUT2D eigenvalue weighted by atomic mass is 35.5. The van der Waals surface area contributed by atoms with Gasteiger partial charge in [-0.2, -0.15) is 13.2 Å². The number of unbranched alkanes of at least 4 members (excludes halogenated alkanes) is 2. The van der Waals surface area contributed by atoms with Crippen molar-refractivity contribution in [2.24, 2.45) is 0 Å². The second-order valence-electron chi connectivity index (χ2n) is 5.88. The van der Waals surface area contributed by atoms with Gasteiger partial charge in [0, 0.05) is 32.2 Å². The summed E-state index contributed by atoms with van der Waals surface area (Å²) in [5.74, 6) is 0. The van der Waals surface area contributed by atoms with Crippen molar-refractivity contribution in [1.29, 1.82) is 0 Å². The van der Waals surface area contributed by atoms with Gasteiger partial charge in [-0.25, -0.2) is 0 Å². The molecule has 1 heterocycles. The maximum absolute atomic E-state index is 13.3. The second kappa shape index (κ2) is 11.2. The van der Waals surface area contributed by atoms with Crippen molar-refractivity contribution in [3.05, 3.63) is 35.4 Å². The van der Waals surface area contributed by atoms with Crippen LogP contribution >= 0.6 is 24.8 Å². The van der Waals surface area contributed by atoms with Crippen LogP contribution in [0.25, 0.3) is 0 Å². The van der Waals surface area contributed by atoms with Crippen molar-refractivity contribution < 1.29 is 13.2 Å². The van der Waals surface area contributed by atoms with E-state index in [0.29, 0.717) is 5.56 Å². The Labute approximate surface area is 155 Å². The lowest BCUT2D eigenvalue weighted by Crippen LogP contribution is -2.45. The van der Waals surface area contributed by atoms with Crippen molar-refractivity contribution in [3.63, 3.8) is 0 Å². The first-order chi connectivity index (χ1) is 10.5. The molecule has 0 aliphatic carbocycles. The normalized spacial score (nSPS) is 16.8. The predicted octanol–water partition coefficient (Wildman–Crippen LogP) is 5.08. The van der Waals surface area contributed by atoms with E-state index >= 15 is 0 Å². The number of hydrogen-bond acceptors (Lipinski definition) is 2. The van der Waals surface area contributed by atoms with Crippen LogP contribution in [0.2, 0.25) is 0 Å². The Hall–Kier alpha value is -0.490. The number of alkyl halides is 3. The summed E-state index contributed by atoms with van der Waals surface area (Å²) < 4.78 is 40.0. The van der Waals surface area contributed by atoms with E-state index in [9.17, 15) is 13.2 Å². The Kier molecular flexibility index (Phi) is 11.0. The van der Waals surface area contributed by atoms with Crippen LogP contribution < -0.4 is 5.32 Å². The molecule has 0 saturated carbocycles. The number of rotatable bonds is 6. The monoisotopic (exact) mass is 386 g/mol. The average molecular weight is 387 g/mol. The summed E-state index contributed by atoms with van der Waals surface area (Å²) in [7, 11) is 0. The van der Waals surface area contributed by atoms with E-state index in [2.05, 4.69) is 17.1 Å². The molecule has 0 amide bonds. The van der Waals surface area contributed by atoms with Gasteiger partial charge >= 0.3 is 6.18 Å². The molecule has 24 heavy (non-hydrogen) atoms. The fourth-order valence-corrected chi connectivity index (χ4v) is 3.16. The molecule has 1 aromatic carbocycles. The van der Waals surface area contributed by atoms with Crippen LogP contribution in [0.5, 0.6) is 0 Å². The summed E-state index contributed by atoms with van der Waals surface area (Å²) in [6, 6.07) is 5.94. The Morgan fingerprint density at radius 2 is 1.71 bits per heavy atom. The van der Waals surface area contributed by atoms with E-state index in [1.165, 1.54) is 12.1 Å². The summed E-state index contributed by atoms with van der Waals surface area (Å²) in [5.41, 5.74) is -0.0389. The molecule has 2 nitrogen and oxygen atoms in total. The fourth-order valence-electron chi connectivity index (χ4n) is 3.16. The van der Waals surface area contributed by atoms with E-state index in [4.69, 9.17) is 0 Å². The molecule has 0 spiro atoms. The third kappa shape index (κ3) is 6.43. The molecule has 1 atom stereocenters. The van der Waals surface area contributed by atoms with Gasteiger partial charge in [-0.15, -0.1) is 24.8 Å². The van der Waals surface area contributed by atoms with E-state index in [0.717, 1.165) is 51.9 Å². The zero-order valence-electron chi connectivity index (χ0n) is 13.9. The predicted molar refractivity (Wildman–Crippen MR) is 97.3 cm³/mol. The van der Waals surface area contributed by atoms with Gasteiger partial charge in [-0.05, 0) is 18.1 Å². The van der Waals surface area contributed by atoms with E-state index in [-0.39, 0.29) is 30.9 Å². The van der Waals surface area contributed by atoms with Crippen LogP contribution in [-0.4, -0.2) is 31.1 Å². The zero-order valence-corrected chi connectivity index (χ0v) is 15.6. The molecule has 0 aromatic heterocycles. The van der Waals surface area contributed by atoms with E-state index in [1.54, 1.807) is 12.1 Å². The number of nitrogens with zero attached hydrogens (tertiary/aromatic N) is 1. The SMILES string of the molecule is CCCCC[C@@H](c1ccccc1C(F)(F)F)N1CCNCC1.Cl.Cl. The molecule has 1 saturated heterocycles.